The van der Waals surface area contributed by atoms with E-state index in [4.69, 9.17) is 21.3 Å². The monoisotopic (exact) mass is 446 g/mol. The van der Waals surface area contributed by atoms with Crippen LogP contribution in [0.1, 0.15) is 24.8 Å². The molecule has 4 nitrogen and oxygen atoms in total. The number of rotatable bonds is 7. The molecule has 1 atom stereocenters. The van der Waals surface area contributed by atoms with Crippen LogP contribution < -0.4 is 4.90 Å². The Kier molecular flexibility index (Phi) is 6.75. The smallest absolute Gasteiger partial charge is 0.229 e. The molecule has 1 saturated heterocycles. The summed E-state index contributed by atoms with van der Waals surface area (Å²) in [6.07, 6.45) is 2.57. The topological polar surface area (TPSA) is 42.4 Å². The largest absolute Gasteiger partial charge is 0.376 e. The van der Waals surface area contributed by atoms with Crippen molar-refractivity contribution in [1.82, 2.24) is 4.98 Å². The van der Waals surface area contributed by atoms with Crippen LogP contribution >= 0.6 is 34.7 Å². The third-order valence-corrected chi connectivity index (χ3v) is 7.17. The zero-order valence-electron chi connectivity index (χ0n) is 16.3. The molecule has 29 heavy (non-hydrogen) atoms. The van der Waals surface area contributed by atoms with Gasteiger partial charge in [-0.1, -0.05) is 41.1 Å². The molecule has 7 heteroatoms. The van der Waals surface area contributed by atoms with Crippen LogP contribution in [0, 0.1) is 6.92 Å². The van der Waals surface area contributed by atoms with Gasteiger partial charge in [-0.2, -0.15) is 0 Å². The molecular formula is C22H23ClN2O2S2. The molecule has 1 amide bonds. The Bertz CT molecular complexity index is 987. The number of carbonyl (C=O) groups excluding carboxylic acids is 1. The molecule has 2 heterocycles. The number of amides is 1. The van der Waals surface area contributed by atoms with Crippen molar-refractivity contribution < 1.29 is 9.53 Å². The fourth-order valence-electron chi connectivity index (χ4n) is 3.44. The Morgan fingerprint density at radius 1 is 1.34 bits per heavy atom. The van der Waals surface area contributed by atoms with Gasteiger partial charge in [-0.15, -0.1) is 11.8 Å². The van der Waals surface area contributed by atoms with Crippen LogP contribution in [0.4, 0.5) is 5.13 Å². The molecule has 1 unspecified atom stereocenters. The third-order valence-electron chi connectivity index (χ3n) is 4.91. The number of thioether (sulfide) groups is 1. The van der Waals surface area contributed by atoms with Crippen molar-refractivity contribution in [3.05, 3.63) is 53.1 Å². The molecular weight excluding hydrogens is 424 g/mol. The van der Waals surface area contributed by atoms with Crippen molar-refractivity contribution in [2.75, 3.05) is 23.8 Å². The van der Waals surface area contributed by atoms with Crippen molar-refractivity contribution in [3.63, 3.8) is 0 Å². The zero-order valence-corrected chi connectivity index (χ0v) is 18.7. The minimum atomic E-state index is 0.0809. The number of aryl methyl sites for hydroxylation is 1. The van der Waals surface area contributed by atoms with E-state index in [2.05, 4.69) is 12.1 Å². The number of hydrogen-bond acceptors (Lipinski definition) is 5. The van der Waals surface area contributed by atoms with Crippen molar-refractivity contribution >= 4 is 56.0 Å². The highest BCUT2D eigenvalue weighted by Gasteiger charge is 2.26. The minimum absolute atomic E-state index is 0.0809. The summed E-state index contributed by atoms with van der Waals surface area (Å²) < 4.78 is 6.81. The fraction of sp³-hybridized carbons (Fsp3) is 0.364. The Morgan fingerprint density at radius 2 is 2.17 bits per heavy atom. The summed E-state index contributed by atoms with van der Waals surface area (Å²) in [7, 11) is 0. The Hall–Kier alpha value is -1.60. The van der Waals surface area contributed by atoms with Crippen LogP contribution in [0.25, 0.3) is 10.2 Å². The highest BCUT2D eigenvalue weighted by molar-refractivity contribution is 7.99. The molecule has 4 rings (SSSR count). The quantitative estimate of drug-likeness (QED) is 0.420. The van der Waals surface area contributed by atoms with Crippen LogP contribution in [0.3, 0.4) is 0 Å². The molecule has 1 aromatic heterocycles. The average Bonchev–Trinajstić information content (AvgIpc) is 3.36. The molecule has 0 saturated carbocycles. The van der Waals surface area contributed by atoms with Crippen molar-refractivity contribution in [2.45, 2.75) is 37.2 Å². The van der Waals surface area contributed by atoms with E-state index < -0.39 is 0 Å². The number of halogens is 1. The lowest BCUT2D eigenvalue weighted by atomic mass is 10.2. The van der Waals surface area contributed by atoms with Crippen molar-refractivity contribution in [3.8, 4) is 0 Å². The predicted molar refractivity (Wildman–Crippen MR) is 122 cm³/mol. The summed E-state index contributed by atoms with van der Waals surface area (Å²) >= 11 is 9.44. The third kappa shape index (κ3) is 5.12. The Balaban J connectivity index is 1.52. The molecule has 1 aliphatic rings. The maximum absolute atomic E-state index is 13.1. The molecule has 0 bridgehead atoms. The molecule has 0 aliphatic carbocycles. The van der Waals surface area contributed by atoms with Crippen molar-refractivity contribution in [2.24, 2.45) is 0 Å². The van der Waals surface area contributed by atoms with Gasteiger partial charge in [0.15, 0.2) is 5.13 Å². The highest BCUT2D eigenvalue weighted by atomic mass is 35.5. The summed E-state index contributed by atoms with van der Waals surface area (Å²) in [5.41, 5.74) is 1.94. The van der Waals surface area contributed by atoms with E-state index in [-0.39, 0.29) is 12.0 Å². The van der Waals surface area contributed by atoms with Crippen LogP contribution in [-0.2, 0) is 9.53 Å². The Morgan fingerprint density at radius 3 is 2.93 bits per heavy atom. The molecule has 152 valence electrons. The van der Waals surface area contributed by atoms with E-state index in [0.717, 1.165) is 46.1 Å². The van der Waals surface area contributed by atoms with Gasteiger partial charge in [0, 0.05) is 28.7 Å². The zero-order chi connectivity index (χ0) is 20.2. The van der Waals surface area contributed by atoms with Gasteiger partial charge in [0.25, 0.3) is 0 Å². The van der Waals surface area contributed by atoms with Gasteiger partial charge in [0.05, 0.1) is 22.9 Å². The fourth-order valence-corrected chi connectivity index (χ4v) is 5.75. The lowest BCUT2D eigenvalue weighted by Gasteiger charge is -2.23. The predicted octanol–water partition coefficient (Wildman–Crippen LogP) is 5.95. The van der Waals surface area contributed by atoms with Gasteiger partial charge in [-0.05, 0) is 49.6 Å². The summed E-state index contributed by atoms with van der Waals surface area (Å²) in [6, 6.07) is 14.0. The number of hydrogen-bond donors (Lipinski definition) is 0. The maximum Gasteiger partial charge on any atom is 0.229 e. The lowest BCUT2D eigenvalue weighted by molar-refractivity contribution is -0.118. The normalized spacial score (nSPS) is 16.4. The van der Waals surface area contributed by atoms with Crippen LogP contribution in [0.2, 0.25) is 5.02 Å². The number of ether oxygens (including phenoxy) is 1. The number of anilines is 1. The summed E-state index contributed by atoms with van der Waals surface area (Å²) in [4.78, 5) is 20.9. The van der Waals surface area contributed by atoms with Crippen LogP contribution in [0.15, 0.2) is 47.4 Å². The number of aromatic nitrogens is 1. The molecule has 1 fully saturated rings. The number of thiazole rings is 1. The first-order chi connectivity index (χ1) is 14.1. The second-order valence-electron chi connectivity index (χ2n) is 7.12. The van der Waals surface area contributed by atoms with E-state index in [1.54, 1.807) is 11.8 Å². The SMILES string of the molecule is Cc1cc(Cl)cc2sc(N(CC3CCCO3)C(=O)CCSc3ccccc3)nc12. The van der Waals surface area contributed by atoms with E-state index in [1.807, 2.05) is 42.2 Å². The van der Waals surface area contributed by atoms with Gasteiger partial charge in [-0.3, -0.25) is 9.69 Å². The number of fused-ring (bicyclic) bond motifs is 1. The highest BCUT2D eigenvalue weighted by Crippen LogP contribution is 2.34. The standard InChI is InChI=1S/C22H23ClN2O2S2/c1-15-12-16(23)13-19-21(15)24-22(29-19)25(14-17-6-5-10-27-17)20(26)9-11-28-18-7-3-2-4-8-18/h2-4,7-8,12-13,17H,5-6,9-11,14H2,1H3. The second kappa shape index (κ2) is 9.47. The van der Waals surface area contributed by atoms with Gasteiger partial charge < -0.3 is 4.74 Å². The average molecular weight is 447 g/mol. The summed E-state index contributed by atoms with van der Waals surface area (Å²) in [5, 5.41) is 1.43. The van der Waals surface area contributed by atoms with E-state index >= 15 is 0 Å². The first kappa shape index (κ1) is 20.7. The maximum atomic E-state index is 13.1. The van der Waals surface area contributed by atoms with E-state index in [1.165, 1.54) is 16.2 Å². The molecule has 0 N–H and O–H groups in total. The second-order valence-corrected chi connectivity index (χ2v) is 9.73. The van der Waals surface area contributed by atoms with Gasteiger partial charge in [-0.25, -0.2) is 4.98 Å². The summed E-state index contributed by atoms with van der Waals surface area (Å²) in [6.45, 7) is 3.33. The van der Waals surface area contributed by atoms with Gasteiger partial charge in [0.2, 0.25) is 5.91 Å². The Labute approximate surface area is 184 Å². The van der Waals surface area contributed by atoms with E-state index in [0.29, 0.717) is 18.0 Å². The first-order valence-corrected chi connectivity index (χ1v) is 11.9. The lowest BCUT2D eigenvalue weighted by Crippen LogP contribution is -2.37. The van der Waals surface area contributed by atoms with Gasteiger partial charge in [0.1, 0.15) is 0 Å². The molecule has 2 aromatic carbocycles. The minimum Gasteiger partial charge on any atom is -0.376 e. The van der Waals surface area contributed by atoms with Crippen molar-refractivity contribution in [1.29, 1.82) is 0 Å². The molecule has 0 radical (unpaired) electrons. The molecule has 3 aromatic rings. The van der Waals surface area contributed by atoms with Crippen LogP contribution in [0.5, 0.6) is 0 Å². The van der Waals surface area contributed by atoms with Gasteiger partial charge >= 0.3 is 0 Å². The number of carbonyl (C=O) groups is 1. The molecule has 1 aliphatic heterocycles. The number of benzene rings is 2. The number of nitrogens with zero attached hydrogens (tertiary/aromatic N) is 2. The molecule has 0 spiro atoms. The van der Waals surface area contributed by atoms with Crippen LogP contribution in [-0.4, -0.2) is 35.9 Å². The van der Waals surface area contributed by atoms with E-state index in [9.17, 15) is 4.79 Å². The first-order valence-electron chi connectivity index (χ1n) is 9.76. The summed E-state index contributed by atoms with van der Waals surface area (Å²) in [5.74, 6) is 0.826.